The third kappa shape index (κ3) is 4.21. The van der Waals surface area contributed by atoms with Gasteiger partial charge in [-0.2, -0.15) is 0 Å². The van der Waals surface area contributed by atoms with Gasteiger partial charge < -0.3 is 5.32 Å². The van der Waals surface area contributed by atoms with E-state index in [1.54, 1.807) is 0 Å². The minimum absolute atomic E-state index is 0.0787. The Balaban J connectivity index is 1.68. The summed E-state index contributed by atoms with van der Waals surface area (Å²) in [5.41, 5.74) is 2.58. The van der Waals surface area contributed by atoms with E-state index in [1.165, 1.54) is 10.5 Å². The van der Waals surface area contributed by atoms with E-state index >= 15 is 0 Å². The molecule has 27 heavy (non-hydrogen) atoms. The summed E-state index contributed by atoms with van der Waals surface area (Å²) in [7, 11) is 0. The molecule has 1 atom stereocenters. The minimum atomic E-state index is -0.849. The van der Waals surface area contributed by atoms with E-state index in [0.717, 1.165) is 17.5 Å². The molecule has 0 unspecified atom stereocenters. The first kappa shape index (κ1) is 19.2. The van der Waals surface area contributed by atoms with Crippen molar-refractivity contribution in [2.75, 3.05) is 0 Å². The molecule has 4 nitrogen and oxygen atoms in total. The number of urea groups is 1. The van der Waals surface area contributed by atoms with Crippen LogP contribution in [0.2, 0.25) is 0 Å². The van der Waals surface area contributed by atoms with E-state index < -0.39 is 5.54 Å². The molecule has 0 spiro atoms. The lowest BCUT2D eigenvalue weighted by atomic mass is 9.87. The number of rotatable bonds is 5. The first-order chi connectivity index (χ1) is 12.7. The highest BCUT2D eigenvalue weighted by Crippen LogP contribution is 2.26. The zero-order valence-corrected chi connectivity index (χ0v) is 16.6. The standard InChI is InChI=1S/C23H28N2O2/c1-22(2,3)19-12-10-18(11-13-19)16-25-20(26)23(4,24-21(25)27)15-14-17-8-6-5-7-9-17/h5-13H,14-16H2,1-4H3,(H,24,27)/t23-/m0/s1. The van der Waals surface area contributed by atoms with E-state index in [9.17, 15) is 9.59 Å². The van der Waals surface area contributed by atoms with Crippen LogP contribution in [0, 0.1) is 0 Å². The quantitative estimate of drug-likeness (QED) is 0.798. The van der Waals surface area contributed by atoms with Crippen molar-refractivity contribution < 1.29 is 9.59 Å². The summed E-state index contributed by atoms with van der Waals surface area (Å²) in [5, 5.41) is 2.89. The summed E-state index contributed by atoms with van der Waals surface area (Å²) in [4.78, 5) is 26.7. The molecule has 3 amide bonds. The van der Waals surface area contributed by atoms with Gasteiger partial charge in [0, 0.05) is 0 Å². The van der Waals surface area contributed by atoms with Crippen LogP contribution in [0.4, 0.5) is 4.79 Å². The lowest BCUT2D eigenvalue weighted by Crippen LogP contribution is -2.44. The molecule has 2 aromatic carbocycles. The van der Waals surface area contributed by atoms with Gasteiger partial charge in [0.15, 0.2) is 0 Å². The molecule has 0 saturated carbocycles. The third-order valence-corrected chi connectivity index (χ3v) is 5.26. The second kappa shape index (κ2) is 7.18. The highest BCUT2D eigenvalue weighted by Gasteiger charge is 2.47. The van der Waals surface area contributed by atoms with Crippen LogP contribution in [-0.2, 0) is 23.2 Å². The van der Waals surface area contributed by atoms with Gasteiger partial charge in [-0.15, -0.1) is 0 Å². The molecule has 1 heterocycles. The number of amides is 3. The van der Waals surface area contributed by atoms with Crippen molar-refractivity contribution in [2.45, 2.75) is 58.0 Å². The number of imide groups is 1. The van der Waals surface area contributed by atoms with Gasteiger partial charge in [-0.05, 0) is 41.9 Å². The predicted molar refractivity (Wildman–Crippen MR) is 107 cm³/mol. The molecule has 4 heteroatoms. The molecular formula is C23H28N2O2. The fraction of sp³-hybridized carbons (Fsp3) is 0.391. The molecular weight excluding hydrogens is 336 g/mol. The van der Waals surface area contributed by atoms with Crippen molar-refractivity contribution in [3.63, 3.8) is 0 Å². The Morgan fingerprint density at radius 1 is 0.926 bits per heavy atom. The Bertz CT molecular complexity index is 822. The normalized spacial score (nSPS) is 20.1. The molecule has 3 rings (SSSR count). The lowest BCUT2D eigenvalue weighted by molar-refractivity contribution is -0.131. The van der Waals surface area contributed by atoms with Gasteiger partial charge in [0.2, 0.25) is 0 Å². The number of carbonyl (C=O) groups excluding carboxylic acids is 2. The number of benzene rings is 2. The molecule has 1 saturated heterocycles. The molecule has 142 valence electrons. The Labute approximate surface area is 161 Å². The average Bonchev–Trinajstić information content (AvgIpc) is 2.84. The second-order valence-electron chi connectivity index (χ2n) is 8.59. The molecule has 1 fully saturated rings. The highest BCUT2D eigenvalue weighted by atomic mass is 16.2. The maximum absolute atomic E-state index is 12.9. The molecule has 0 radical (unpaired) electrons. The van der Waals surface area contributed by atoms with E-state index in [-0.39, 0.29) is 17.4 Å². The molecule has 0 aliphatic carbocycles. The number of aryl methyl sites for hydroxylation is 1. The summed E-state index contributed by atoms with van der Waals surface area (Å²) < 4.78 is 0. The Morgan fingerprint density at radius 2 is 1.56 bits per heavy atom. The first-order valence-electron chi connectivity index (χ1n) is 9.46. The third-order valence-electron chi connectivity index (χ3n) is 5.26. The van der Waals surface area contributed by atoms with Gasteiger partial charge in [-0.1, -0.05) is 75.4 Å². The van der Waals surface area contributed by atoms with Crippen molar-refractivity contribution in [1.82, 2.24) is 10.2 Å². The van der Waals surface area contributed by atoms with Crippen LogP contribution in [-0.4, -0.2) is 22.4 Å². The van der Waals surface area contributed by atoms with Crippen molar-refractivity contribution in [3.05, 3.63) is 71.3 Å². The molecule has 0 bridgehead atoms. The highest BCUT2D eigenvalue weighted by molar-refractivity contribution is 6.06. The van der Waals surface area contributed by atoms with Crippen molar-refractivity contribution in [3.8, 4) is 0 Å². The minimum Gasteiger partial charge on any atom is -0.323 e. The first-order valence-corrected chi connectivity index (χ1v) is 9.46. The lowest BCUT2D eigenvalue weighted by Gasteiger charge is -2.22. The Kier molecular flexibility index (Phi) is 5.09. The van der Waals surface area contributed by atoms with Crippen LogP contribution in [0.3, 0.4) is 0 Å². The maximum atomic E-state index is 12.9. The van der Waals surface area contributed by atoms with Crippen LogP contribution in [0.5, 0.6) is 0 Å². The smallest absolute Gasteiger partial charge is 0.323 e. The fourth-order valence-corrected chi connectivity index (χ4v) is 3.39. The molecule has 0 aromatic heterocycles. The van der Waals surface area contributed by atoms with Crippen molar-refractivity contribution in [1.29, 1.82) is 0 Å². The number of nitrogens with zero attached hydrogens (tertiary/aromatic N) is 1. The predicted octanol–water partition coefficient (Wildman–Crippen LogP) is 4.43. The van der Waals surface area contributed by atoms with E-state index in [2.05, 4.69) is 38.2 Å². The van der Waals surface area contributed by atoms with Crippen LogP contribution >= 0.6 is 0 Å². The van der Waals surface area contributed by atoms with Crippen molar-refractivity contribution in [2.24, 2.45) is 0 Å². The number of carbonyl (C=O) groups is 2. The summed E-state index contributed by atoms with van der Waals surface area (Å²) in [6.45, 7) is 8.61. The van der Waals surface area contributed by atoms with Gasteiger partial charge in [0.1, 0.15) is 5.54 Å². The van der Waals surface area contributed by atoms with E-state index in [0.29, 0.717) is 13.0 Å². The number of hydrogen-bond donors (Lipinski definition) is 1. The Hall–Kier alpha value is -2.62. The van der Waals surface area contributed by atoms with Gasteiger partial charge in [-0.3, -0.25) is 9.69 Å². The van der Waals surface area contributed by atoms with Crippen molar-refractivity contribution >= 4 is 11.9 Å². The van der Waals surface area contributed by atoms with Gasteiger partial charge in [0.05, 0.1) is 6.54 Å². The maximum Gasteiger partial charge on any atom is 0.325 e. The van der Waals surface area contributed by atoms with E-state index in [4.69, 9.17) is 0 Å². The van der Waals surface area contributed by atoms with Crippen LogP contribution in [0.1, 0.15) is 50.8 Å². The molecule has 1 aliphatic rings. The molecule has 2 aromatic rings. The second-order valence-corrected chi connectivity index (χ2v) is 8.59. The Morgan fingerprint density at radius 3 is 2.15 bits per heavy atom. The van der Waals surface area contributed by atoms with Crippen LogP contribution < -0.4 is 5.32 Å². The monoisotopic (exact) mass is 364 g/mol. The summed E-state index contributed by atoms with van der Waals surface area (Å²) in [6.07, 6.45) is 1.33. The zero-order chi connectivity index (χ0) is 19.7. The van der Waals surface area contributed by atoms with Crippen LogP contribution in [0.25, 0.3) is 0 Å². The zero-order valence-electron chi connectivity index (χ0n) is 16.6. The average molecular weight is 364 g/mol. The SMILES string of the molecule is CC(C)(C)c1ccc(CN2C(=O)N[C@@](C)(CCc3ccccc3)C2=O)cc1. The number of nitrogens with one attached hydrogen (secondary N) is 1. The largest absolute Gasteiger partial charge is 0.325 e. The van der Waals surface area contributed by atoms with E-state index in [1.807, 2.05) is 49.4 Å². The molecule has 1 N–H and O–H groups in total. The van der Waals surface area contributed by atoms with Gasteiger partial charge >= 0.3 is 6.03 Å². The fourth-order valence-electron chi connectivity index (χ4n) is 3.39. The van der Waals surface area contributed by atoms with Gasteiger partial charge in [-0.25, -0.2) is 4.79 Å². The summed E-state index contributed by atoms with van der Waals surface area (Å²) in [5.74, 6) is -0.150. The summed E-state index contributed by atoms with van der Waals surface area (Å²) in [6, 6.07) is 17.9. The van der Waals surface area contributed by atoms with Crippen LogP contribution in [0.15, 0.2) is 54.6 Å². The topological polar surface area (TPSA) is 49.4 Å². The molecule has 1 aliphatic heterocycles. The van der Waals surface area contributed by atoms with Gasteiger partial charge in [0.25, 0.3) is 5.91 Å². The number of hydrogen-bond acceptors (Lipinski definition) is 2. The summed E-state index contributed by atoms with van der Waals surface area (Å²) >= 11 is 0.